The topological polar surface area (TPSA) is 118 Å². The van der Waals surface area contributed by atoms with Crippen molar-refractivity contribution in [2.24, 2.45) is 0 Å². The Balaban J connectivity index is 2.30. The summed E-state index contributed by atoms with van der Waals surface area (Å²) in [6.45, 7) is -0.202. The number of aliphatic carboxylic acids is 1. The van der Waals surface area contributed by atoms with Crippen LogP contribution in [0.1, 0.15) is 20.7 Å². The van der Waals surface area contributed by atoms with Crippen molar-refractivity contribution >= 4 is 23.5 Å². The van der Waals surface area contributed by atoms with Gasteiger partial charge in [0, 0.05) is 24.8 Å². The highest BCUT2D eigenvalue weighted by Gasteiger charge is 2.35. The summed E-state index contributed by atoms with van der Waals surface area (Å²) in [5, 5.41) is 19.1. The Hall–Kier alpha value is -3.03. The number of nitro benzene ring substituents is 1. The number of benzene rings is 1. The number of carbonyl (C=O) groups excluding carboxylic acids is 2. The van der Waals surface area contributed by atoms with E-state index < -0.39 is 22.7 Å². The van der Waals surface area contributed by atoms with Gasteiger partial charge < -0.3 is 5.11 Å². The fourth-order valence-corrected chi connectivity index (χ4v) is 1.82. The number of hydrogen-bond donors (Lipinski definition) is 1. The van der Waals surface area contributed by atoms with Crippen LogP contribution < -0.4 is 0 Å². The minimum Gasteiger partial charge on any atom is -0.478 e. The summed E-state index contributed by atoms with van der Waals surface area (Å²) >= 11 is 0. The first-order valence-electron chi connectivity index (χ1n) is 5.46. The monoisotopic (exact) mass is 276 g/mol. The predicted molar refractivity (Wildman–Crippen MR) is 65.2 cm³/mol. The highest BCUT2D eigenvalue weighted by molar-refractivity contribution is 6.21. The highest BCUT2D eigenvalue weighted by atomic mass is 16.6. The van der Waals surface area contributed by atoms with Crippen molar-refractivity contribution in [1.82, 2.24) is 4.90 Å². The van der Waals surface area contributed by atoms with Gasteiger partial charge >= 0.3 is 5.97 Å². The third-order valence-corrected chi connectivity index (χ3v) is 2.71. The molecule has 8 heteroatoms. The van der Waals surface area contributed by atoms with Gasteiger partial charge in [-0.05, 0) is 6.07 Å². The lowest BCUT2D eigenvalue weighted by molar-refractivity contribution is -0.384. The second-order valence-electron chi connectivity index (χ2n) is 3.95. The Kier molecular flexibility index (Phi) is 3.30. The molecular weight excluding hydrogens is 268 g/mol. The van der Waals surface area contributed by atoms with Crippen LogP contribution in [0.5, 0.6) is 0 Å². The van der Waals surface area contributed by atoms with Gasteiger partial charge in [0.25, 0.3) is 17.5 Å². The second-order valence-corrected chi connectivity index (χ2v) is 3.95. The molecule has 102 valence electrons. The highest BCUT2D eigenvalue weighted by Crippen LogP contribution is 2.26. The van der Waals surface area contributed by atoms with E-state index in [0.29, 0.717) is 0 Å². The predicted octanol–water partition coefficient (Wildman–Crippen LogP) is 0.832. The number of carbonyl (C=O) groups is 3. The van der Waals surface area contributed by atoms with Gasteiger partial charge in [-0.25, -0.2) is 4.79 Å². The lowest BCUT2D eigenvalue weighted by Gasteiger charge is -2.09. The number of amides is 2. The van der Waals surface area contributed by atoms with Gasteiger partial charge in [0.05, 0.1) is 16.1 Å². The molecule has 1 aromatic rings. The number of non-ortho nitro benzene ring substituents is 1. The van der Waals surface area contributed by atoms with Crippen molar-refractivity contribution in [2.45, 2.75) is 0 Å². The Bertz CT molecular complexity index is 664. The third-order valence-electron chi connectivity index (χ3n) is 2.71. The summed E-state index contributed by atoms with van der Waals surface area (Å²) in [7, 11) is 0. The fourth-order valence-electron chi connectivity index (χ4n) is 1.82. The molecule has 2 rings (SSSR count). The number of carboxylic acids is 1. The molecule has 1 aromatic carbocycles. The smallest absolute Gasteiger partial charge is 0.328 e. The average molecular weight is 276 g/mol. The van der Waals surface area contributed by atoms with Gasteiger partial charge in [-0.3, -0.25) is 24.6 Å². The maximum absolute atomic E-state index is 12.0. The van der Waals surface area contributed by atoms with E-state index in [9.17, 15) is 24.5 Å². The van der Waals surface area contributed by atoms with E-state index in [2.05, 4.69) is 0 Å². The molecule has 0 saturated heterocycles. The summed E-state index contributed by atoms with van der Waals surface area (Å²) in [6, 6.07) is 3.39. The Morgan fingerprint density at radius 3 is 2.55 bits per heavy atom. The van der Waals surface area contributed by atoms with E-state index in [4.69, 9.17) is 5.11 Å². The van der Waals surface area contributed by atoms with Crippen molar-refractivity contribution in [3.05, 3.63) is 51.6 Å². The zero-order chi connectivity index (χ0) is 14.9. The largest absolute Gasteiger partial charge is 0.478 e. The molecule has 1 aliphatic rings. The molecule has 1 heterocycles. The van der Waals surface area contributed by atoms with Crippen molar-refractivity contribution < 1.29 is 24.4 Å². The lowest BCUT2D eigenvalue weighted by atomic mass is 10.1. The summed E-state index contributed by atoms with van der Waals surface area (Å²) in [4.78, 5) is 45.0. The van der Waals surface area contributed by atoms with Gasteiger partial charge in [-0.2, -0.15) is 0 Å². The number of fused-ring (bicyclic) bond motifs is 1. The van der Waals surface area contributed by atoms with Gasteiger partial charge in [0.2, 0.25) is 0 Å². The SMILES string of the molecule is O=C(O)/C=C/CN1C(=O)c2ccc([N+](=O)[O-])cc2C1=O. The van der Waals surface area contributed by atoms with Crippen LogP contribution in [0.15, 0.2) is 30.4 Å². The van der Waals surface area contributed by atoms with Crippen LogP contribution in [0.3, 0.4) is 0 Å². The first kappa shape index (κ1) is 13.4. The molecule has 2 amide bonds. The Labute approximate surface area is 112 Å². The molecule has 0 bridgehead atoms. The minimum absolute atomic E-state index is 0.0482. The van der Waals surface area contributed by atoms with Crippen LogP contribution in [0, 0.1) is 10.1 Å². The molecule has 0 aromatic heterocycles. The number of nitro groups is 1. The molecule has 0 aliphatic carbocycles. The summed E-state index contributed by atoms with van der Waals surface area (Å²) in [6.07, 6.45) is 1.96. The third kappa shape index (κ3) is 2.26. The minimum atomic E-state index is -1.20. The molecule has 0 radical (unpaired) electrons. The van der Waals surface area contributed by atoms with Crippen molar-refractivity contribution in [3.8, 4) is 0 Å². The van der Waals surface area contributed by atoms with E-state index in [1.54, 1.807) is 0 Å². The standard InChI is InChI=1S/C12H8N2O6/c15-10(16)2-1-5-13-11(17)8-4-3-7(14(19)20)6-9(8)12(13)18/h1-4,6H,5H2,(H,15,16)/b2-1+. The number of hydrogen-bond acceptors (Lipinski definition) is 5. The quantitative estimate of drug-likeness (QED) is 0.376. The molecule has 1 N–H and O–H groups in total. The van der Waals surface area contributed by atoms with Gasteiger partial charge in [-0.15, -0.1) is 0 Å². The summed E-state index contributed by atoms with van der Waals surface area (Å²) < 4.78 is 0. The summed E-state index contributed by atoms with van der Waals surface area (Å²) in [5.74, 6) is -2.48. The lowest BCUT2D eigenvalue weighted by Crippen LogP contribution is -2.29. The van der Waals surface area contributed by atoms with Crippen LogP contribution in [0.2, 0.25) is 0 Å². The zero-order valence-electron chi connectivity index (χ0n) is 9.98. The van der Waals surface area contributed by atoms with E-state index in [-0.39, 0.29) is 23.4 Å². The zero-order valence-corrected chi connectivity index (χ0v) is 9.98. The Morgan fingerprint density at radius 1 is 1.30 bits per heavy atom. The molecule has 0 atom stereocenters. The van der Waals surface area contributed by atoms with Crippen LogP contribution >= 0.6 is 0 Å². The van der Waals surface area contributed by atoms with E-state index >= 15 is 0 Å². The number of carboxylic acid groups (broad SMARTS) is 1. The molecule has 0 spiro atoms. The van der Waals surface area contributed by atoms with Crippen molar-refractivity contribution in [2.75, 3.05) is 6.54 Å². The van der Waals surface area contributed by atoms with Crippen LogP contribution in [0.4, 0.5) is 5.69 Å². The Morgan fingerprint density at radius 2 is 1.95 bits per heavy atom. The van der Waals surface area contributed by atoms with Crippen LogP contribution in [0.25, 0.3) is 0 Å². The van der Waals surface area contributed by atoms with Gasteiger partial charge in [0.15, 0.2) is 0 Å². The summed E-state index contributed by atoms with van der Waals surface area (Å²) in [5.41, 5.74) is -0.259. The van der Waals surface area contributed by atoms with Crippen LogP contribution in [-0.4, -0.2) is 39.3 Å². The fraction of sp³-hybridized carbons (Fsp3) is 0.0833. The van der Waals surface area contributed by atoms with E-state index in [0.717, 1.165) is 29.2 Å². The number of nitrogens with zero attached hydrogens (tertiary/aromatic N) is 2. The average Bonchev–Trinajstić information content (AvgIpc) is 2.63. The molecule has 1 aliphatic heterocycles. The van der Waals surface area contributed by atoms with Crippen molar-refractivity contribution in [1.29, 1.82) is 0 Å². The van der Waals surface area contributed by atoms with E-state index in [1.165, 1.54) is 6.07 Å². The first-order chi connectivity index (χ1) is 9.41. The van der Waals surface area contributed by atoms with Gasteiger partial charge in [-0.1, -0.05) is 6.08 Å². The number of rotatable bonds is 4. The van der Waals surface area contributed by atoms with Gasteiger partial charge in [0.1, 0.15) is 0 Å². The molecule has 20 heavy (non-hydrogen) atoms. The van der Waals surface area contributed by atoms with Crippen molar-refractivity contribution in [3.63, 3.8) is 0 Å². The molecule has 0 fully saturated rings. The first-order valence-corrected chi connectivity index (χ1v) is 5.46. The maximum Gasteiger partial charge on any atom is 0.328 e. The number of imide groups is 1. The normalized spacial score (nSPS) is 13.9. The molecule has 0 unspecified atom stereocenters. The molecule has 0 saturated carbocycles. The second kappa shape index (κ2) is 4.92. The maximum atomic E-state index is 12.0. The molecular formula is C12H8N2O6. The van der Waals surface area contributed by atoms with Crippen LogP contribution in [-0.2, 0) is 4.79 Å². The molecule has 8 nitrogen and oxygen atoms in total. The van der Waals surface area contributed by atoms with E-state index in [1.807, 2.05) is 0 Å².